The Kier molecular flexibility index (Phi) is 5.14. The highest BCUT2D eigenvalue weighted by Gasteiger charge is 2.41. The first-order valence-electron chi connectivity index (χ1n) is 9.47. The van der Waals surface area contributed by atoms with Gasteiger partial charge in [0, 0.05) is 24.5 Å². The normalized spacial score (nSPS) is 24.4. The average Bonchev–Trinajstić information content (AvgIpc) is 3.30. The fourth-order valence-corrected chi connectivity index (χ4v) is 4.47. The molecule has 6 nitrogen and oxygen atoms in total. The smallest absolute Gasteiger partial charge is 0.294 e. The Labute approximate surface area is 169 Å². The van der Waals surface area contributed by atoms with E-state index in [9.17, 15) is 4.79 Å². The van der Waals surface area contributed by atoms with Crippen molar-refractivity contribution in [2.75, 3.05) is 13.1 Å². The first-order chi connectivity index (χ1) is 12.7. The molecule has 3 fully saturated rings. The Balaban J connectivity index is 0.00000180. The molecule has 1 amide bonds. The molecule has 1 saturated carbocycles. The van der Waals surface area contributed by atoms with Crippen molar-refractivity contribution in [2.24, 2.45) is 0 Å². The van der Waals surface area contributed by atoms with Crippen molar-refractivity contribution in [3.63, 3.8) is 0 Å². The minimum atomic E-state index is -0.0334. The number of para-hydroxylation sites is 1. The molecule has 1 aromatic heterocycles. The molecule has 2 unspecified atom stereocenters. The molecule has 0 radical (unpaired) electrons. The summed E-state index contributed by atoms with van der Waals surface area (Å²) >= 11 is 6.38. The van der Waals surface area contributed by atoms with Crippen LogP contribution in [0.15, 0.2) is 24.3 Å². The Hall–Kier alpha value is -1.63. The zero-order valence-corrected chi connectivity index (χ0v) is 16.5. The average molecular weight is 408 g/mol. The number of halogens is 2. The first kappa shape index (κ1) is 18.7. The number of rotatable bonds is 3. The fourth-order valence-electron chi connectivity index (χ4n) is 4.25. The summed E-state index contributed by atoms with van der Waals surface area (Å²) in [6.07, 6.45) is 5.33. The zero-order chi connectivity index (χ0) is 17.7. The summed E-state index contributed by atoms with van der Waals surface area (Å²) in [4.78, 5) is 20.0. The van der Waals surface area contributed by atoms with Crippen LogP contribution in [0, 0.1) is 0 Å². The lowest BCUT2D eigenvalue weighted by molar-refractivity contribution is 0.0667. The van der Waals surface area contributed by atoms with E-state index in [2.05, 4.69) is 15.4 Å². The van der Waals surface area contributed by atoms with Gasteiger partial charge in [-0.2, -0.15) is 0 Å². The molecule has 8 heteroatoms. The van der Waals surface area contributed by atoms with Crippen molar-refractivity contribution < 1.29 is 4.79 Å². The van der Waals surface area contributed by atoms with Crippen molar-refractivity contribution in [1.29, 1.82) is 0 Å². The van der Waals surface area contributed by atoms with Gasteiger partial charge in [-0.15, -0.1) is 17.5 Å². The summed E-state index contributed by atoms with van der Waals surface area (Å²) in [5.41, 5.74) is 0.795. The molecular formula is C19H23Cl2N5O. The van der Waals surface area contributed by atoms with E-state index in [0.717, 1.165) is 56.7 Å². The van der Waals surface area contributed by atoms with Gasteiger partial charge in [0.15, 0.2) is 0 Å². The van der Waals surface area contributed by atoms with Gasteiger partial charge < -0.3 is 10.2 Å². The van der Waals surface area contributed by atoms with Gasteiger partial charge in [0.1, 0.15) is 5.82 Å². The molecule has 1 aromatic carbocycles. The minimum Gasteiger partial charge on any atom is -0.329 e. The molecule has 5 rings (SSSR count). The van der Waals surface area contributed by atoms with E-state index in [-0.39, 0.29) is 24.4 Å². The summed E-state index contributed by atoms with van der Waals surface area (Å²) in [6.45, 7) is 1.84. The third-order valence-electron chi connectivity index (χ3n) is 5.74. The quantitative estimate of drug-likeness (QED) is 0.848. The van der Waals surface area contributed by atoms with Gasteiger partial charge in [-0.05, 0) is 50.8 Å². The van der Waals surface area contributed by atoms with Crippen molar-refractivity contribution in [1.82, 2.24) is 25.0 Å². The SMILES string of the molecule is Cl.O=C(c1nc(C2CC2)n(-c2ccccc2Cl)n1)N1C2CCNCC1CC2. The van der Waals surface area contributed by atoms with E-state index in [1.807, 2.05) is 29.2 Å². The van der Waals surface area contributed by atoms with Gasteiger partial charge in [0.05, 0.1) is 10.7 Å². The highest BCUT2D eigenvalue weighted by molar-refractivity contribution is 6.32. The molecule has 144 valence electrons. The van der Waals surface area contributed by atoms with Crippen LogP contribution in [0.4, 0.5) is 0 Å². The molecule has 27 heavy (non-hydrogen) atoms. The fraction of sp³-hybridized carbons (Fsp3) is 0.526. The maximum Gasteiger partial charge on any atom is 0.294 e. The first-order valence-corrected chi connectivity index (χ1v) is 9.85. The van der Waals surface area contributed by atoms with Crippen LogP contribution >= 0.6 is 24.0 Å². The number of benzene rings is 1. The number of fused-ring (bicyclic) bond motifs is 2. The van der Waals surface area contributed by atoms with Crippen LogP contribution in [-0.4, -0.2) is 50.7 Å². The van der Waals surface area contributed by atoms with Crippen molar-refractivity contribution in [3.05, 3.63) is 40.9 Å². The Bertz CT molecular complexity index is 836. The van der Waals surface area contributed by atoms with Crippen molar-refractivity contribution in [2.45, 2.75) is 50.1 Å². The summed E-state index contributed by atoms with van der Waals surface area (Å²) in [7, 11) is 0. The molecule has 3 heterocycles. The summed E-state index contributed by atoms with van der Waals surface area (Å²) in [5, 5.41) is 8.67. The number of carbonyl (C=O) groups is 1. The number of carbonyl (C=O) groups excluding carboxylic acids is 1. The molecular weight excluding hydrogens is 385 g/mol. The molecule has 2 bridgehead atoms. The second-order valence-corrected chi connectivity index (χ2v) is 7.93. The summed E-state index contributed by atoms with van der Waals surface area (Å²) in [5.74, 6) is 1.52. The van der Waals surface area contributed by atoms with E-state index in [4.69, 9.17) is 11.6 Å². The molecule has 3 aliphatic rings. The maximum atomic E-state index is 13.3. The number of amides is 1. The lowest BCUT2D eigenvalue weighted by atomic mass is 10.1. The van der Waals surface area contributed by atoms with Crippen molar-refractivity contribution in [3.8, 4) is 5.69 Å². The Morgan fingerprint density at radius 2 is 1.89 bits per heavy atom. The zero-order valence-electron chi connectivity index (χ0n) is 15.0. The Morgan fingerprint density at radius 3 is 2.67 bits per heavy atom. The van der Waals surface area contributed by atoms with E-state index in [1.54, 1.807) is 4.68 Å². The van der Waals surface area contributed by atoms with Gasteiger partial charge in [-0.1, -0.05) is 23.7 Å². The summed E-state index contributed by atoms with van der Waals surface area (Å²) in [6, 6.07) is 8.16. The van der Waals surface area contributed by atoms with Gasteiger partial charge in [-0.25, -0.2) is 9.67 Å². The van der Waals surface area contributed by atoms with Crippen molar-refractivity contribution >= 4 is 29.9 Å². The molecule has 2 atom stereocenters. The third-order valence-corrected chi connectivity index (χ3v) is 6.05. The summed E-state index contributed by atoms with van der Waals surface area (Å²) < 4.78 is 1.78. The van der Waals surface area contributed by atoms with Gasteiger partial charge in [0.25, 0.3) is 5.91 Å². The molecule has 2 aliphatic heterocycles. The van der Waals surface area contributed by atoms with E-state index < -0.39 is 0 Å². The van der Waals surface area contributed by atoms with Crippen LogP contribution in [0.25, 0.3) is 5.69 Å². The number of hydrogen-bond acceptors (Lipinski definition) is 4. The molecule has 2 aromatic rings. The second kappa shape index (κ2) is 7.41. The second-order valence-electron chi connectivity index (χ2n) is 7.52. The van der Waals surface area contributed by atoms with Crippen LogP contribution in [0.2, 0.25) is 5.02 Å². The molecule has 1 aliphatic carbocycles. The van der Waals surface area contributed by atoms with Gasteiger partial charge >= 0.3 is 0 Å². The highest BCUT2D eigenvalue weighted by atomic mass is 35.5. The molecule has 2 saturated heterocycles. The van der Waals surface area contributed by atoms with Gasteiger partial charge in [-0.3, -0.25) is 4.79 Å². The predicted octanol–water partition coefficient (Wildman–Crippen LogP) is 3.19. The standard InChI is InChI=1S/C19H22ClN5O.ClH/c20-15-3-1-2-4-16(15)25-18(12-5-6-12)22-17(23-25)19(26)24-13-7-8-14(24)11-21-10-9-13;/h1-4,12-14,21H,5-11H2;1H. The van der Waals surface area contributed by atoms with Crippen LogP contribution in [0.3, 0.4) is 0 Å². The van der Waals surface area contributed by atoms with E-state index >= 15 is 0 Å². The predicted molar refractivity (Wildman–Crippen MR) is 106 cm³/mol. The lowest BCUT2D eigenvalue weighted by Gasteiger charge is -2.26. The van der Waals surface area contributed by atoms with Crippen LogP contribution in [-0.2, 0) is 0 Å². The number of hydrogen-bond donors (Lipinski definition) is 1. The van der Waals surface area contributed by atoms with E-state index in [0.29, 0.717) is 22.8 Å². The maximum absolute atomic E-state index is 13.3. The Morgan fingerprint density at radius 1 is 1.11 bits per heavy atom. The number of nitrogens with zero attached hydrogens (tertiary/aromatic N) is 4. The minimum absolute atomic E-state index is 0. The lowest BCUT2D eigenvalue weighted by Crippen LogP contribution is -2.43. The number of aromatic nitrogens is 3. The number of nitrogens with one attached hydrogen (secondary N) is 1. The van der Waals surface area contributed by atoms with Crippen LogP contribution < -0.4 is 5.32 Å². The molecule has 0 spiro atoms. The largest absolute Gasteiger partial charge is 0.329 e. The van der Waals surface area contributed by atoms with Gasteiger partial charge in [0.2, 0.25) is 5.82 Å². The third kappa shape index (κ3) is 3.35. The van der Waals surface area contributed by atoms with Crippen LogP contribution in [0.1, 0.15) is 54.5 Å². The topological polar surface area (TPSA) is 63.1 Å². The van der Waals surface area contributed by atoms with E-state index in [1.165, 1.54) is 0 Å². The van der Waals surface area contributed by atoms with Crippen LogP contribution in [0.5, 0.6) is 0 Å². The monoisotopic (exact) mass is 407 g/mol. The molecule has 1 N–H and O–H groups in total. The highest BCUT2D eigenvalue weighted by Crippen LogP contribution is 2.40.